The van der Waals surface area contributed by atoms with Crippen LogP contribution >= 0.6 is 11.3 Å². The Labute approximate surface area is 137 Å². The number of methoxy groups -OCH3 is 1. The number of fused-ring (bicyclic) bond motifs is 1. The van der Waals surface area contributed by atoms with Crippen molar-refractivity contribution < 1.29 is 14.3 Å². The Kier molecular flexibility index (Phi) is 4.18. The number of benzene rings is 1. The molecule has 1 aromatic heterocycles. The third-order valence-electron chi connectivity index (χ3n) is 4.02. The number of nitrogens with two attached hydrogens (primary N) is 1. The first-order valence-corrected chi connectivity index (χ1v) is 8.15. The van der Waals surface area contributed by atoms with E-state index in [1.165, 1.54) is 11.3 Å². The lowest BCUT2D eigenvalue weighted by molar-refractivity contribution is -0.133. The topological polar surface area (TPSA) is 106 Å². The van der Waals surface area contributed by atoms with Gasteiger partial charge >= 0.3 is 0 Å². The second-order valence-electron chi connectivity index (χ2n) is 5.49. The van der Waals surface area contributed by atoms with E-state index in [1.807, 2.05) is 18.2 Å². The summed E-state index contributed by atoms with van der Waals surface area (Å²) in [5.41, 5.74) is 5.26. The van der Waals surface area contributed by atoms with Crippen molar-refractivity contribution in [1.29, 1.82) is 0 Å². The van der Waals surface area contributed by atoms with E-state index in [-0.39, 0.29) is 18.4 Å². The highest BCUT2D eigenvalue weighted by Crippen LogP contribution is 2.35. The summed E-state index contributed by atoms with van der Waals surface area (Å²) in [7, 11) is 1.60. The predicted molar refractivity (Wildman–Crippen MR) is 88.6 cm³/mol. The number of amides is 2. The number of hydrogen-bond acceptors (Lipinski definition) is 6. The van der Waals surface area contributed by atoms with E-state index in [4.69, 9.17) is 10.5 Å². The molecule has 122 valence electrons. The minimum absolute atomic E-state index is 0.129. The molecule has 0 saturated heterocycles. The van der Waals surface area contributed by atoms with Gasteiger partial charge in [-0.2, -0.15) is 0 Å². The van der Waals surface area contributed by atoms with Crippen molar-refractivity contribution in [1.82, 2.24) is 10.3 Å². The van der Waals surface area contributed by atoms with Crippen molar-refractivity contribution >= 4 is 38.5 Å². The van der Waals surface area contributed by atoms with Gasteiger partial charge in [0.2, 0.25) is 5.91 Å². The van der Waals surface area contributed by atoms with Gasteiger partial charge in [0.15, 0.2) is 5.13 Å². The normalized spacial score (nSPS) is 15.7. The SMILES string of the molecule is COc1ccc2nc(NC(=O)C3(NC(=O)CN)CCC3)sc2c1. The Hall–Kier alpha value is -2.19. The van der Waals surface area contributed by atoms with Crippen LogP contribution < -0.4 is 21.1 Å². The van der Waals surface area contributed by atoms with Crippen LogP contribution in [0.5, 0.6) is 5.75 Å². The number of aromatic nitrogens is 1. The van der Waals surface area contributed by atoms with Gasteiger partial charge < -0.3 is 15.8 Å². The molecule has 0 aliphatic heterocycles. The summed E-state index contributed by atoms with van der Waals surface area (Å²) >= 11 is 1.37. The molecule has 1 aliphatic carbocycles. The lowest BCUT2D eigenvalue weighted by Gasteiger charge is -2.40. The second kappa shape index (κ2) is 6.13. The van der Waals surface area contributed by atoms with Gasteiger partial charge in [0.1, 0.15) is 11.3 Å². The summed E-state index contributed by atoms with van der Waals surface area (Å²) in [4.78, 5) is 28.5. The first-order chi connectivity index (χ1) is 11.1. The zero-order valence-electron chi connectivity index (χ0n) is 12.7. The summed E-state index contributed by atoms with van der Waals surface area (Å²) in [5, 5.41) is 6.05. The number of carbonyl (C=O) groups excluding carboxylic acids is 2. The van der Waals surface area contributed by atoms with Crippen LogP contribution in [-0.2, 0) is 9.59 Å². The van der Waals surface area contributed by atoms with Crippen LogP contribution in [0.1, 0.15) is 19.3 Å². The number of nitrogens with one attached hydrogen (secondary N) is 2. The maximum atomic E-state index is 12.5. The van der Waals surface area contributed by atoms with Gasteiger partial charge in [-0.3, -0.25) is 14.9 Å². The summed E-state index contributed by atoms with van der Waals surface area (Å²) in [6, 6.07) is 5.54. The quantitative estimate of drug-likeness (QED) is 0.763. The second-order valence-corrected chi connectivity index (χ2v) is 6.53. The van der Waals surface area contributed by atoms with Crippen LogP contribution in [0.15, 0.2) is 18.2 Å². The van der Waals surface area contributed by atoms with Gasteiger partial charge in [-0.05, 0) is 37.5 Å². The van der Waals surface area contributed by atoms with Crippen molar-refractivity contribution in [2.75, 3.05) is 19.0 Å². The smallest absolute Gasteiger partial charge is 0.251 e. The maximum absolute atomic E-state index is 12.5. The van der Waals surface area contributed by atoms with Crippen LogP contribution in [-0.4, -0.2) is 36.0 Å². The van der Waals surface area contributed by atoms with Crippen LogP contribution in [0.25, 0.3) is 10.2 Å². The molecule has 1 aliphatic rings. The molecule has 0 unspecified atom stereocenters. The first kappa shape index (κ1) is 15.7. The van der Waals surface area contributed by atoms with E-state index < -0.39 is 5.54 Å². The largest absolute Gasteiger partial charge is 0.497 e. The minimum Gasteiger partial charge on any atom is -0.497 e. The van der Waals surface area contributed by atoms with E-state index in [2.05, 4.69) is 15.6 Å². The summed E-state index contributed by atoms with van der Waals surface area (Å²) in [6.45, 7) is -0.129. The molecule has 1 fully saturated rings. The lowest BCUT2D eigenvalue weighted by atomic mass is 9.76. The molecular formula is C15H18N4O3S. The van der Waals surface area contributed by atoms with Crippen molar-refractivity contribution in [3.63, 3.8) is 0 Å². The summed E-state index contributed by atoms with van der Waals surface area (Å²) < 4.78 is 6.11. The highest BCUT2D eigenvalue weighted by atomic mass is 32.1. The fourth-order valence-electron chi connectivity index (χ4n) is 2.56. The lowest BCUT2D eigenvalue weighted by Crippen LogP contribution is -2.62. The van der Waals surface area contributed by atoms with Gasteiger partial charge in [-0.15, -0.1) is 0 Å². The van der Waals surface area contributed by atoms with Crippen molar-refractivity contribution in [3.8, 4) is 5.75 Å². The van der Waals surface area contributed by atoms with E-state index >= 15 is 0 Å². The summed E-state index contributed by atoms with van der Waals surface area (Å²) in [6.07, 6.45) is 2.13. The molecule has 2 aromatic rings. The monoisotopic (exact) mass is 334 g/mol. The summed E-state index contributed by atoms with van der Waals surface area (Å²) in [5.74, 6) is 0.176. The number of hydrogen-bond donors (Lipinski definition) is 3. The molecule has 4 N–H and O–H groups in total. The molecule has 1 aromatic carbocycles. The van der Waals surface area contributed by atoms with Gasteiger partial charge in [-0.1, -0.05) is 11.3 Å². The molecule has 23 heavy (non-hydrogen) atoms. The van der Waals surface area contributed by atoms with Crippen molar-refractivity contribution in [2.24, 2.45) is 5.73 Å². The molecule has 0 radical (unpaired) electrons. The molecule has 3 rings (SSSR count). The van der Waals surface area contributed by atoms with Crippen LogP contribution in [0.2, 0.25) is 0 Å². The number of rotatable bonds is 5. The van der Waals surface area contributed by atoms with Gasteiger partial charge in [-0.25, -0.2) is 4.98 Å². The highest BCUT2D eigenvalue weighted by Gasteiger charge is 2.45. The van der Waals surface area contributed by atoms with E-state index in [0.717, 1.165) is 22.4 Å². The van der Waals surface area contributed by atoms with Crippen molar-refractivity contribution in [3.05, 3.63) is 18.2 Å². The molecule has 1 saturated carbocycles. The van der Waals surface area contributed by atoms with E-state index in [9.17, 15) is 9.59 Å². The van der Waals surface area contributed by atoms with E-state index in [0.29, 0.717) is 18.0 Å². The first-order valence-electron chi connectivity index (χ1n) is 7.33. The predicted octanol–water partition coefficient (Wildman–Crippen LogP) is 1.24. The fraction of sp³-hybridized carbons (Fsp3) is 0.400. The molecule has 0 atom stereocenters. The number of nitrogens with zero attached hydrogens (tertiary/aromatic N) is 1. The highest BCUT2D eigenvalue weighted by molar-refractivity contribution is 7.22. The number of ether oxygens (including phenoxy) is 1. The molecule has 0 spiro atoms. The van der Waals surface area contributed by atoms with Crippen LogP contribution in [0.3, 0.4) is 0 Å². The van der Waals surface area contributed by atoms with Crippen LogP contribution in [0.4, 0.5) is 5.13 Å². The Bertz CT molecular complexity index is 754. The molecule has 1 heterocycles. The average Bonchev–Trinajstić information content (AvgIpc) is 2.91. The minimum atomic E-state index is -0.855. The van der Waals surface area contributed by atoms with Crippen molar-refractivity contribution in [2.45, 2.75) is 24.8 Å². The Morgan fingerprint density at radius 3 is 2.83 bits per heavy atom. The zero-order valence-corrected chi connectivity index (χ0v) is 13.5. The number of carbonyl (C=O) groups is 2. The molecule has 2 amide bonds. The fourth-order valence-corrected chi connectivity index (χ4v) is 3.45. The van der Waals surface area contributed by atoms with Gasteiger partial charge in [0.25, 0.3) is 5.91 Å². The Morgan fingerprint density at radius 1 is 1.43 bits per heavy atom. The Morgan fingerprint density at radius 2 is 2.22 bits per heavy atom. The number of anilines is 1. The maximum Gasteiger partial charge on any atom is 0.251 e. The van der Waals surface area contributed by atoms with Gasteiger partial charge in [0, 0.05) is 0 Å². The van der Waals surface area contributed by atoms with Gasteiger partial charge in [0.05, 0.1) is 23.9 Å². The average molecular weight is 334 g/mol. The third-order valence-corrected chi connectivity index (χ3v) is 4.96. The molecule has 8 heteroatoms. The zero-order chi connectivity index (χ0) is 16.4. The standard InChI is InChI=1S/C15H18N4O3S/c1-22-9-3-4-10-11(7-9)23-14(17-10)18-13(21)15(5-2-6-15)19-12(20)8-16/h3-4,7H,2,5-6,8,16H2,1H3,(H,19,20)(H,17,18,21). The molecule has 7 nitrogen and oxygen atoms in total. The number of thiazole rings is 1. The molecular weight excluding hydrogens is 316 g/mol. The molecule has 0 bridgehead atoms. The van der Waals surface area contributed by atoms with Crippen LogP contribution in [0, 0.1) is 0 Å². The Balaban J connectivity index is 1.77. The van der Waals surface area contributed by atoms with E-state index in [1.54, 1.807) is 7.11 Å². The third kappa shape index (κ3) is 2.99.